The summed E-state index contributed by atoms with van der Waals surface area (Å²) in [5.41, 5.74) is 1.33. The number of nitrogens with zero attached hydrogens (tertiary/aromatic N) is 3. The summed E-state index contributed by atoms with van der Waals surface area (Å²) in [6.07, 6.45) is 0. The van der Waals surface area contributed by atoms with Crippen LogP contribution >= 0.6 is 0 Å². The SMILES string of the molecule is COc1cc2c(C)nc(Nc3nc4ccccc4c(=O)[nH]3)nc2cc1F. The van der Waals surface area contributed by atoms with Gasteiger partial charge in [-0.2, -0.15) is 0 Å². The van der Waals surface area contributed by atoms with Crippen molar-refractivity contribution in [2.24, 2.45) is 0 Å². The Balaban J connectivity index is 1.79. The lowest BCUT2D eigenvalue weighted by molar-refractivity contribution is 0.387. The number of aryl methyl sites for hydroxylation is 1. The van der Waals surface area contributed by atoms with Crippen molar-refractivity contribution in [3.8, 4) is 5.75 Å². The fraction of sp³-hybridized carbons (Fsp3) is 0.111. The maximum atomic E-state index is 14.0. The molecule has 2 aromatic carbocycles. The highest BCUT2D eigenvalue weighted by molar-refractivity contribution is 5.84. The van der Waals surface area contributed by atoms with Gasteiger partial charge in [0.2, 0.25) is 11.9 Å². The Labute approximate surface area is 146 Å². The monoisotopic (exact) mass is 351 g/mol. The Morgan fingerprint density at radius 2 is 1.88 bits per heavy atom. The molecule has 0 radical (unpaired) electrons. The van der Waals surface area contributed by atoms with Gasteiger partial charge in [-0.3, -0.25) is 15.1 Å². The first kappa shape index (κ1) is 15.9. The van der Waals surface area contributed by atoms with Crippen molar-refractivity contribution in [1.82, 2.24) is 19.9 Å². The van der Waals surface area contributed by atoms with Crippen molar-refractivity contribution in [1.29, 1.82) is 0 Å². The quantitative estimate of drug-likeness (QED) is 0.589. The fourth-order valence-corrected chi connectivity index (χ4v) is 2.75. The zero-order valence-electron chi connectivity index (χ0n) is 14.0. The number of H-pyrrole nitrogens is 1. The second-order valence-corrected chi connectivity index (χ2v) is 5.69. The molecule has 0 saturated heterocycles. The molecule has 2 heterocycles. The van der Waals surface area contributed by atoms with Crippen LogP contribution in [0.5, 0.6) is 5.75 Å². The van der Waals surface area contributed by atoms with Gasteiger partial charge in [0.05, 0.1) is 29.2 Å². The van der Waals surface area contributed by atoms with E-state index < -0.39 is 5.82 Å². The van der Waals surface area contributed by atoms with E-state index in [1.54, 1.807) is 37.3 Å². The molecule has 0 spiro atoms. The number of hydrogen-bond acceptors (Lipinski definition) is 6. The van der Waals surface area contributed by atoms with Crippen LogP contribution in [0.1, 0.15) is 5.69 Å². The van der Waals surface area contributed by atoms with E-state index in [4.69, 9.17) is 4.74 Å². The van der Waals surface area contributed by atoms with Crippen LogP contribution in [0.2, 0.25) is 0 Å². The van der Waals surface area contributed by atoms with Crippen LogP contribution in [0, 0.1) is 12.7 Å². The highest BCUT2D eigenvalue weighted by Gasteiger charge is 2.11. The lowest BCUT2D eigenvalue weighted by Gasteiger charge is -2.09. The van der Waals surface area contributed by atoms with Crippen LogP contribution in [0.4, 0.5) is 16.3 Å². The molecule has 0 aliphatic carbocycles. The topological polar surface area (TPSA) is 92.8 Å². The molecule has 26 heavy (non-hydrogen) atoms. The van der Waals surface area contributed by atoms with Gasteiger partial charge in [-0.1, -0.05) is 12.1 Å². The molecule has 0 aliphatic rings. The molecule has 0 saturated carbocycles. The van der Waals surface area contributed by atoms with Gasteiger partial charge in [-0.15, -0.1) is 0 Å². The molecular weight excluding hydrogens is 337 g/mol. The lowest BCUT2D eigenvalue weighted by atomic mass is 10.2. The molecule has 0 aliphatic heterocycles. The van der Waals surface area contributed by atoms with Gasteiger partial charge in [0.15, 0.2) is 11.6 Å². The van der Waals surface area contributed by atoms with E-state index >= 15 is 0 Å². The third-order valence-electron chi connectivity index (χ3n) is 4.00. The molecule has 7 nitrogen and oxygen atoms in total. The van der Waals surface area contributed by atoms with Crippen molar-refractivity contribution >= 4 is 33.7 Å². The first-order valence-electron chi connectivity index (χ1n) is 7.83. The molecule has 8 heteroatoms. The summed E-state index contributed by atoms with van der Waals surface area (Å²) in [5.74, 6) is 0.0335. The Bertz CT molecular complexity index is 1210. The van der Waals surface area contributed by atoms with Crippen molar-refractivity contribution in [3.05, 3.63) is 58.3 Å². The zero-order valence-corrected chi connectivity index (χ0v) is 14.0. The average molecular weight is 351 g/mol. The number of benzene rings is 2. The fourth-order valence-electron chi connectivity index (χ4n) is 2.75. The van der Waals surface area contributed by atoms with Crippen LogP contribution in [0.3, 0.4) is 0 Å². The number of rotatable bonds is 3. The van der Waals surface area contributed by atoms with Gasteiger partial charge < -0.3 is 4.74 Å². The number of fused-ring (bicyclic) bond motifs is 2. The summed E-state index contributed by atoms with van der Waals surface area (Å²) in [7, 11) is 1.40. The second-order valence-electron chi connectivity index (χ2n) is 5.69. The first-order chi connectivity index (χ1) is 12.5. The summed E-state index contributed by atoms with van der Waals surface area (Å²) in [6, 6.07) is 9.84. The number of methoxy groups -OCH3 is 1. The number of ether oxygens (including phenoxy) is 1. The molecular formula is C18H14FN5O2. The van der Waals surface area contributed by atoms with Gasteiger partial charge in [-0.05, 0) is 25.1 Å². The van der Waals surface area contributed by atoms with Gasteiger partial charge in [0.1, 0.15) is 0 Å². The third kappa shape index (κ3) is 2.71. The molecule has 4 rings (SSSR count). The summed E-state index contributed by atoms with van der Waals surface area (Å²) in [6.45, 7) is 1.78. The van der Waals surface area contributed by atoms with Crippen LogP contribution in [0.15, 0.2) is 41.2 Å². The van der Waals surface area contributed by atoms with Gasteiger partial charge in [-0.25, -0.2) is 19.3 Å². The van der Waals surface area contributed by atoms with Crippen molar-refractivity contribution < 1.29 is 9.13 Å². The van der Waals surface area contributed by atoms with Crippen LogP contribution in [-0.4, -0.2) is 27.0 Å². The molecule has 0 bridgehead atoms. The smallest absolute Gasteiger partial charge is 0.260 e. The largest absolute Gasteiger partial charge is 0.494 e. The number of anilines is 2. The van der Waals surface area contributed by atoms with E-state index in [-0.39, 0.29) is 23.2 Å². The predicted octanol–water partition coefficient (Wildman–Crippen LogP) is 3.07. The Kier molecular flexibility index (Phi) is 3.72. The van der Waals surface area contributed by atoms with Crippen LogP contribution < -0.4 is 15.6 Å². The molecule has 0 amide bonds. The maximum Gasteiger partial charge on any atom is 0.260 e. The van der Waals surface area contributed by atoms with E-state index in [1.807, 2.05) is 0 Å². The van der Waals surface area contributed by atoms with Gasteiger partial charge in [0, 0.05) is 11.5 Å². The van der Waals surface area contributed by atoms with E-state index in [0.29, 0.717) is 27.5 Å². The normalized spacial score (nSPS) is 11.0. The molecule has 0 fully saturated rings. The molecule has 0 unspecified atom stereocenters. The number of halogens is 1. The summed E-state index contributed by atoms with van der Waals surface area (Å²) < 4.78 is 19.0. The average Bonchev–Trinajstić information content (AvgIpc) is 2.61. The van der Waals surface area contributed by atoms with E-state index in [0.717, 1.165) is 0 Å². The Morgan fingerprint density at radius 3 is 2.69 bits per heavy atom. The first-order valence-corrected chi connectivity index (χ1v) is 7.83. The summed E-state index contributed by atoms with van der Waals surface area (Å²) >= 11 is 0. The van der Waals surface area contributed by atoms with Crippen molar-refractivity contribution in [2.75, 3.05) is 12.4 Å². The standard InChI is InChI=1S/C18H14FN5O2/c1-9-11-7-15(26-2)12(19)8-14(11)22-17(20-9)24-18-21-13-6-4-3-5-10(13)16(25)23-18/h3-8H,1-2H3,(H2,20,21,22,23,24,25). The van der Waals surface area contributed by atoms with Crippen molar-refractivity contribution in [3.63, 3.8) is 0 Å². The van der Waals surface area contributed by atoms with Crippen LogP contribution in [-0.2, 0) is 0 Å². The van der Waals surface area contributed by atoms with Gasteiger partial charge in [0.25, 0.3) is 5.56 Å². The molecule has 2 aromatic heterocycles. The number of para-hydroxylation sites is 1. The molecule has 0 atom stereocenters. The number of aromatic amines is 1. The number of hydrogen-bond donors (Lipinski definition) is 2. The molecule has 2 N–H and O–H groups in total. The van der Waals surface area contributed by atoms with E-state index in [2.05, 4.69) is 25.3 Å². The highest BCUT2D eigenvalue weighted by atomic mass is 19.1. The second kappa shape index (κ2) is 6.07. The van der Waals surface area contributed by atoms with E-state index in [1.165, 1.54) is 13.2 Å². The summed E-state index contributed by atoms with van der Waals surface area (Å²) in [5, 5.41) is 4.04. The number of aromatic nitrogens is 4. The summed E-state index contributed by atoms with van der Waals surface area (Å²) in [4.78, 5) is 27.8. The minimum absolute atomic E-state index is 0.130. The van der Waals surface area contributed by atoms with Crippen molar-refractivity contribution in [2.45, 2.75) is 6.92 Å². The molecule has 130 valence electrons. The Morgan fingerprint density at radius 1 is 1.08 bits per heavy atom. The Hall–Kier alpha value is -3.55. The number of nitrogens with one attached hydrogen (secondary N) is 2. The maximum absolute atomic E-state index is 14.0. The third-order valence-corrected chi connectivity index (χ3v) is 4.00. The minimum atomic E-state index is -0.513. The van der Waals surface area contributed by atoms with Gasteiger partial charge >= 0.3 is 0 Å². The van der Waals surface area contributed by atoms with Crippen LogP contribution in [0.25, 0.3) is 21.8 Å². The van der Waals surface area contributed by atoms with E-state index in [9.17, 15) is 9.18 Å². The minimum Gasteiger partial charge on any atom is -0.494 e. The predicted molar refractivity (Wildman–Crippen MR) is 96.4 cm³/mol. The zero-order chi connectivity index (χ0) is 18.3. The molecule has 4 aromatic rings. The highest BCUT2D eigenvalue weighted by Crippen LogP contribution is 2.26. The lowest BCUT2D eigenvalue weighted by Crippen LogP contribution is -2.12.